The number of carbonyl (C=O) groups is 1. The molecule has 32 heavy (non-hydrogen) atoms. The fourth-order valence-corrected chi connectivity index (χ4v) is 4.36. The Morgan fingerprint density at radius 2 is 1.75 bits per heavy atom. The molecule has 3 aromatic rings. The van der Waals surface area contributed by atoms with E-state index in [-0.39, 0.29) is 18.4 Å². The standard InChI is InChI=1S/C27H31NO4/c1-2-14-32-25-5-3-4-20(17-25)21-6-7-23-16-24(9-8-22(23)15-21)27(31)28-12-10-19(11-13-28)26(30)18-29/h3-9,15-17,19,26,29-30H,2,10-14,18H2,1H3. The number of amides is 1. The molecule has 2 N–H and O–H groups in total. The van der Waals surface area contributed by atoms with Crippen molar-refractivity contribution in [2.45, 2.75) is 32.3 Å². The van der Waals surface area contributed by atoms with Crippen LogP contribution in [0.5, 0.6) is 5.75 Å². The summed E-state index contributed by atoms with van der Waals surface area (Å²) >= 11 is 0. The van der Waals surface area contributed by atoms with Gasteiger partial charge in [-0.3, -0.25) is 4.79 Å². The zero-order chi connectivity index (χ0) is 22.5. The van der Waals surface area contributed by atoms with Crippen LogP contribution in [-0.4, -0.2) is 53.4 Å². The van der Waals surface area contributed by atoms with Crippen molar-refractivity contribution in [1.29, 1.82) is 0 Å². The monoisotopic (exact) mass is 433 g/mol. The second-order valence-corrected chi connectivity index (χ2v) is 8.53. The lowest BCUT2D eigenvalue weighted by Crippen LogP contribution is -2.42. The highest BCUT2D eigenvalue weighted by Gasteiger charge is 2.27. The number of benzene rings is 3. The molecule has 0 saturated carbocycles. The van der Waals surface area contributed by atoms with Crippen LogP contribution in [0, 0.1) is 5.92 Å². The molecule has 1 amide bonds. The van der Waals surface area contributed by atoms with Crippen molar-refractivity contribution in [3.8, 4) is 16.9 Å². The Morgan fingerprint density at radius 3 is 2.50 bits per heavy atom. The molecule has 0 bridgehead atoms. The molecule has 1 saturated heterocycles. The largest absolute Gasteiger partial charge is 0.494 e. The van der Waals surface area contributed by atoms with Gasteiger partial charge in [0.15, 0.2) is 0 Å². The van der Waals surface area contributed by atoms with E-state index in [0.29, 0.717) is 38.1 Å². The number of hydrogen-bond donors (Lipinski definition) is 2. The minimum absolute atomic E-state index is 0.0219. The van der Waals surface area contributed by atoms with E-state index < -0.39 is 6.10 Å². The molecule has 3 aromatic carbocycles. The number of ether oxygens (including phenoxy) is 1. The fraction of sp³-hybridized carbons (Fsp3) is 0.370. The first kappa shape index (κ1) is 22.3. The molecular formula is C27H31NO4. The molecule has 1 atom stereocenters. The highest BCUT2D eigenvalue weighted by Crippen LogP contribution is 2.29. The Hall–Kier alpha value is -2.89. The van der Waals surface area contributed by atoms with Gasteiger partial charge in [0.25, 0.3) is 5.91 Å². The van der Waals surface area contributed by atoms with Gasteiger partial charge in [-0.1, -0.05) is 37.3 Å². The van der Waals surface area contributed by atoms with Crippen LogP contribution in [-0.2, 0) is 0 Å². The van der Waals surface area contributed by atoms with Crippen LogP contribution in [0.2, 0.25) is 0 Å². The van der Waals surface area contributed by atoms with Crippen molar-refractivity contribution in [2.75, 3.05) is 26.3 Å². The van der Waals surface area contributed by atoms with E-state index in [2.05, 4.69) is 37.3 Å². The number of piperidine rings is 1. The number of likely N-dealkylation sites (tertiary alicyclic amines) is 1. The van der Waals surface area contributed by atoms with Crippen LogP contribution >= 0.6 is 0 Å². The third kappa shape index (κ3) is 4.95. The van der Waals surface area contributed by atoms with E-state index in [1.165, 1.54) is 0 Å². The van der Waals surface area contributed by atoms with Crippen LogP contribution in [0.15, 0.2) is 60.7 Å². The van der Waals surface area contributed by atoms with Gasteiger partial charge < -0.3 is 19.8 Å². The summed E-state index contributed by atoms with van der Waals surface area (Å²) in [6.45, 7) is 3.79. The lowest BCUT2D eigenvalue weighted by atomic mass is 9.91. The van der Waals surface area contributed by atoms with Crippen molar-refractivity contribution < 1.29 is 19.7 Å². The van der Waals surface area contributed by atoms with Crippen molar-refractivity contribution in [3.63, 3.8) is 0 Å². The Labute approximate surface area is 189 Å². The zero-order valence-electron chi connectivity index (χ0n) is 18.5. The molecule has 4 rings (SSSR count). The highest BCUT2D eigenvalue weighted by atomic mass is 16.5. The number of aliphatic hydroxyl groups excluding tert-OH is 2. The van der Waals surface area contributed by atoms with Gasteiger partial charge in [0, 0.05) is 18.7 Å². The summed E-state index contributed by atoms with van der Waals surface area (Å²) in [7, 11) is 0. The normalized spacial score (nSPS) is 15.7. The summed E-state index contributed by atoms with van der Waals surface area (Å²) in [6, 6.07) is 20.3. The Morgan fingerprint density at radius 1 is 1.03 bits per heavy atom. The third-order valence-electron chi connectivity index (χ3n) is 6.29. The molecule has 1 fully saturated rings. The predicted molar refractivity (Wildman–Crippen MR) is 127 cm³/mol. The molecule has 0 aliphatic carbocycles. The van der Waals surface area contributed by atoms with E-state index in [4.69, 9.17) is 9.84 Å². The second kappa shape index (κ2) is 10.2. The smallest absolute Gasteiger partial charge is 0.253 e. The number of hydrogen-bond acceptors (Lipinski definition) is 4. The second-order valence-electron chi connectivity index (χ2n) is 8.53. The Balaban J connectivity index is 1.49. The summed E-state index contributed by atoms with van der Waals surface area (Å²) in [4.78, 5) is 14.8. The molecule has 5 nitrogen and oxygen atoms in total. The van der Waals surface area contributed by atoms with Gasteiger partial charge in [0.05, 0.1) is 19.3 Å². The maximum absolute atomic E-state index is 13.0. The van der Waals surface area contributed by atoms with Gasteiger partial charge in [0.2, 0.25) is 0 Å². The average molecular weight is 434 g/mol. The molecule has 0 spiro atoms. The van der Waals surface area contributed by atoms with Crippen LogP contribution in [0.3, 0.4) is 0 Å². The van der Waals surface area contributed by atoms with Gasteiger partial charge in [-0.15, -0.1) is 0 Å². The lowest BCUT2D eigenvalue weighted by molar-refractivity contribution is 0.0179. The summed E-state index contributed by atoms with van der Waals surface area (Å²) < 4.78 is 5.76. The van der Waals surface area contributed by atoms with E-state index in [9.17, 15) is 9.90 Å². The summed E-state index contributed by atoms with van der Waals surface area (Å²) in [5, 5.41) is 21.1. The molecule has 1 aliphatic rings. The maximum atomic E-state index is 13.0. The van der Waals surface area contributed by atoms with Crippen LogP contribution in [0.1, 0.15) is 36.5 Å². The Kier molecular flexibility index (Phi) is 7.08. The minimum atomic E-state index is -0.694. The quantitative estimate of drug-likeness (QED) is 0.576. The lowest BCUT2D eigenvalue weighted by Gasteiger charge is -2.33. The topological polar surface area (TPSA) is 70.0 Å². The van der Waals surface area contributed by atoms with Gasteiger partial charge >= 0.3 is 0 Å². The van der Waals surface area contributed by atoms with Crippen molar-refractivity contribution in [3.05, 3.63) is 66.2 Å². The van der Waals surface area contributed by atoms with Gasteiger partial charge in [0.1, 0.15) is 5.75 Å². The summed E-state index contributed by atoms with van der Waals surface area (Å²) in [5.41, 5.74) is 2.90. The SMILES string of the molecule is CCCOc1cccc(-c2ccc3cc(C(=O)N4CCC(C(O)CO)CC4)ccc3c2)c1. The van der Waals surface area contributed by atoms with Crippen molar-refractivity contribution in [2.24, 2.45) is 5.92 Å². The highest BCUT2D eigenvalue weighted by molar-refractivity contribution is 5.99. The van der Waals surface area contributed by atoms with Crippen LogP contribution < -0.4 is 4.74 Å². The van der Waals surface area contributed by atoms with Crippen molar-refractivity contribution >= 4 is 16.7 Å². The molecule has 0 radical (unpaired) electrons. The molecule has 1 aliphatic heterocycles. The average Bonchev–Trinajstić information content (AvgIpc) is 2.86. The van der Waals surface area contributed by atoms with Crippen LogP contribution in [0.4, 0.5) is 0 Å². The molecule has 0 aromatic heterocycles. The number of carbonyl (C=O) groups excluding carboxylic acids is 1. The molecule has 168 valence electrons. The first-order valence-corrected chi connectivity index (χ1v) is 11.4. The number of aliphatic hydroxyl groups is 2. The number of nitrogens with zero attached hydrogens (tertiary/aromatic N) is 1. The third-order valence-corrected chi connectivity index (χ3v) is 6.29. The predicted octanol–water partition coefficient (Wildman–Crippen LogP) is 4.50. The van der Waals surface area contributed by atoms with E-state index >= 15 is 0 Å². The van der Waals surface area contributed by atoms with Crippen molar-refractivity contribution in [1.82, 2.24) is 4.90 Å². The minimum Gasteiger partial charge on any atom is -0.494 e. The number of fused-ring (bicyclic) bond motifs is 1. The summed E-state index contributed by atoms with van der Waals surface area (Å²) in [5.74, 6) is 0.958. The first-order valence-electron chi connectivity index (χ1n) is 11.4. The van der Waals surface area contributed by atoms with Gasteiger partial charge in [-0.25, -0.2) is 0 Å². The first-order chi connectivity index (χ1) is 15.6. The van der Waals surface area contributed by atoms with Gasteiger partial charge in [-0.2, -0.15) is 0 Å². The van der Waals surface area contributed by atoms with Gasteiger partial charge in [-0.05, 0) is 77.4 Å². The fourth-order valence-electron chi connectivity index (χ4n) is 4.36. The number of rotatable bonds is 7. The summed E-state index contributed by atoms with van der Waals surface area (Å²) in [6.07, 6.45) is 1.71. The Bertz CT molecular complexity index is 1070. The molecule has 5 heteroatoms. The molecule has 1 unspecified atom stereocenters. The van der Waals surface area contributed by atoms with Crippen LogP contribution in [0.25, 0.3) is 21.9 Å². The van der Waals surface area contributed by atoms with E-state index in [1.54, 1.807) is 0 Å². The molecular weight excluding hydrogens is 402 g/mol. The van der Waals surface area contributed by atoms with E-state index in [1.807, 2.05) is 35.2 Å². The molecule has 1 heterocycles. The van der Waals surface area contributed by atoms with E-state index in [0.717, 1.165) is 34.1 Å². The maximum Gasteiger partial charge on any atom is 0.253 e. The zero-order valence-corrected chi connectivity index (χ0v) is 18.5.